The molecule has 1 aromatic heterocycles. The molecule has 14 heteroatoms. The van der Waals surface area contributed by atoms with Crippen molar-refractivity contribution in [1.29, 1.82) is 0 Å². The molecule has 48 heavy (non-hydrogen) atoms. The number of benzene rings is 4. The van der Waals surface area contributed by atoms with E-state index in [4.69, 9.17) is 9.47 Å². The number of hydrogen-bond acceptors (Lipinski definition) is 12. The summed E-state index contributed by atoms with van der Waals surface area (Å²) in [5.74, 6) is -5.34. The molecule has 2 aliphatic carbocycles. The fraction of sp³-hybridized carbons (Fsp3) is 0.206. The van der Waals surface area contributed by atoms with Gasteiger partial charge in [0.2, 0.25) is 5.88 Å². The maximum Gasteiger partial charge on any atom is 0.342 e. The van der Waals surface area contributed by atoms with E-state index in [1.165, 1.54) is 12.1 Å². The van der Waals surface area contributed by atoms with Gasteiger partial charge < -0.3 is 24.8 Å². The van der Waals surface area contributed by atoms with E-state index in [2.05, 4.69) is 0 Å². The van der Waals surface area contributed by atoms with Gasteiger partial charge >= 0.3 is 11.9 Å². The van der Waals surface area contributed by atoms with Gasteiger partial charge in [-0.1, -0.05) is 0 Å². The van der Waals surface area contributed by atoms with Gasteiger partial charge in [-0.25, -0.2) is 4.79 Å². The molecule has 240 valence electrons. The molecule has 0 amide bonds. The minimum atomic E-state index is -1.78. The Hall–Kier alpha value is -6.31. The predicted octanol–water partition coefficient (Wildman–Crippen LogP) is 3.27. The number of nitro benzene ring substituents is 1. The van der Waals surface area contributed by atoms with Crippen molar-refractivity contribution in [2.75, 3.05) is 6.61 Å². The van der Waals surface area contributed by atoms with Crippen LogP contribution >= 0.6 is 0 Å². The highest BCUT2D eigenvalue weighted by molar-refractivity contribution is 6.19. The third kappa shape index (κ3) is 3.27. The summed E-state index contributed by atoms with van der Waals surface area (Å²) in [4.78, 5) is 80.2. The summed E-state index contributed by atoms with van der Waals surface area (Å²) in [5, 5.41) is 44.2. The number of Topliss-reactive ketones (excluding diaryl/α,β-unsaturated/α-hetero) is 1. The highest BCUT2D eigenvalue weighted by atomic mass is 16.6. The number of nitrogens with zero attached hydrogens (tertiary/aromatic N) is 2. The number of carbonyl (C=O) groups is 3. The zero-order chi connectivity index (χ0) is 34.3. The topological polar surface area (TPSA) is 213 Å². The second-order valence-corrected chi connectivity index (χ2v) is 12.4. The van der Waals surface area contributed by atoms with Crippen LogP contribution in [0.15, 0.2) is 46.1 Å². The Morgan fingerprint density at radius 1 is 1.00 bits per heavy atom. The Morgan fingerprint density at radius 3 is 2.42 bits per heavy atom. The SMILES string of the molecule is CC(=O)O[C@H]1[C@@H]2C(=O)c3c(C)cc(O)c4c3[C@@]1(COC4=O)c1c2c2c(C)cc(=O)c3c(O)n(-c4ccc(O)cc4[N+](=O)[O-])cc(c1=O)c23. The molecule has 5 aromatic rings. The van der Waals surface area contributed by atoms with Crippen molar-refractivity contribution in [2.24, 2.45) is 0 Å². The maximum atomic E-state index is 15.0. The quantitative estimate of drug-likeness (QED) is 0.146. The van der Waals surface area contributed by atoms with Gasteiger partial charge in [-0.05, 0) is 65.8 Å². The molecule has 0 saturated heterocycles. The maximum absolute atomic E-state index is 15.0. The molecule has 2 bridgehead atoms. The molecule has 0 fully saturated rings. The zero-order valence-electron chi connectivity index (χ0n) is 25.2. The van der Waals surface area contributed by atoms with Crippen LogP contribution in [0.5, 0.6) is 17.4 Å². The highest BCUT2D eigenvalue weighted by Gasteiger charge is 2.67. The molecule has 8 rings (SSSR count). The van der Waals surface area contributed by atoms with Crippen molar-refractivity contribution in [2.45, 2.75) is 38.2 Å². The van der Waals surface area contributed by atoms with Crippen LogP contribution in [-0.2, 0) is 19.7 Å². The molecule has 0 radical (unpaired) electrons. The second-order valence-electron chi connectivity index (χ2n) is 12.4. The van der Waals surface area contributed by atoms with Crippen LogP contribution in [0.2, 0.25) is 0 Å². The molecule has 3 atom stereocenters. The van der Waals surface area contributed by atoms with E-state index in [0.717, 1.165) is 35.9 Å². The molecule has 2 heterocycles. The van der Waals surface area contributed by atoms with Crippen LogP contribution in [0.3, 0.4) is 0 Å². The third-order valence-electron chi connectivity index (χ3n) is 9.85. The number of ketones is 1. The number of aromatic nitrogens is 1. The van der Waals surface area contributed by atoms with Crippen molar-refractivity contribution >= 4 is 45.0 Å². The molecule has 0 unspecified atom stereocenters. The average molecular weight is 651 g/mol. The van der Waals surface area contributed by atoms with Crippen LogP contribution < -0.4 is 10.9 Å². The summed E-state index contributed by atoms with van der Waals surface area (Å²) < 4.78 is 12.3. The lowest BCUT2D eigenvalue weighted by atomic mass is 9.63. The van der Waals surface area contributed by atoms with Crippen molar-refractivity contribution < 1.29 is 44.1 Å². The van der Waals surface area contributed by atoms with Gasteiger partial charge in [-0.15, -0.1) is 0 Å². The predicted molar refractivity (Wildman–Crippen MR) is 166 cm³/mol. The lowest BCUT2D eigenvalue weighted by Gasteiger charge is -2.44. The monoisotopic (exact) mass is 650 g/mol. The summed E-state index contributed by atoms with van der Waals surface area (Å²) in [6.07, 6.45) is -0.288. The standard InChI is InChI=1S/C34H22N2O12/c1-11-6-18(39)23-22-15(9-35(32(23)43)16-5-4-14(38)8-17(16)36(45)46)29(41)28-25(20(11)22)26-30(42)21-12(2)7-19(40)24-27(21)34(28,10-47-33(24)44)31(26)48-13(3)37/h4-9,26,31,38,40,43H,10H2,1-3H3/t26-,31-,34-/m0/s1. The molecule has 3 aliphatic rings. The molecular weight excluding hydrogens is 628 g/mol. The largest absolute Gasteiger partial charge is 0.508 e. The van der Waals surface area contributed by atoms with E-state index in [0.29, 0.717) is 11.1 Å². The number of carbonyl (C=O) groups excluding carboxylic acids is 3. The Bertz CT molecular complexity index is 2550. The van der Waals surface area contributed by atoms with Crippen molar-refractivity contribution in [3.8, 4) is 23.1 Å². The Labute approximate surface area is 267 Å². The lowest BCUT2D eigenvalue weighted by molar-refractivity contribution is -0.384. The number of ether oxygens (including phenoxy) is 2. The summed E-state index contributed by atoms with van der Waals surface area (Å²) >= 11 is 0. The van der Waals surface area contributed by atoms with Crippen LogP contribution in [0, 0.1) is 24.0 Å². The van der Waals surface area contributed by atoms with Gasteiger partial charge in [-0.3, -0.25) is 33.9 Å². The first-order valence-electron chi connectivity index (χ1n) is 14.7. The first kappa shape index (κ1) is 29.1. The van der Waals surface area contributed by atoms with Crippen molar-refractivity contribution in [3.63, 3.8) is 0 Å². The summed E-state index contributed by atoms with van der Waals surface area (Å²) in [6, 6.07) is 5.54. The molecule has 14 nitrogen and oxygen atoms in total. The number of rotatable bonds is 3. The second kappa shape index (κ2) is 9.15. The van der Waals surface area contributed by atoms with Crippen LogP contribution in [0.1, 0.15) is 61.4 Å². The first-order chi connectivity index (χ1) is 22.7. The number of hydrogen-bond donors (Lipinski definition) is 3. The van der Waals surface area contributed by atoms with Gasteiger partial charge in [0.15, 0.2) is 16.6 Å². The van der Waals surface area contributed by atoms with Gasteiger partial charge in [0.25, 0.3) is 5.69 Å². The molecule has 1 spiro atoms. The number of aromatic hydroxyl groups is 3. The van der Waals surface area contributed by atoms with Crippen LogP contribution in [0.4, 0.5) is 5.69 Å². The van der Waals surface area contributed by atoms with Gasteiger partial charge in [0, 0.05) is 35.0 Å². The summed E-state index contributed by atoms with van der Waals surface area (Å²) in [7, 11) is 0. The third-order valence-corrected chi connectivity index (χ3v) is 9.85. The van der Waals surface area contributed by atoms with E-state index in [1.807, 2.05) is 0 Å². The van der Waals surface area contributed by atoms with Crippen LogP contribution in [-0.4, -0.2) is 55.2 Å². The van der Waals surface area contributed by atoms with E-state index in [-0.39, 0.29) is 55.0 Å². The Morgan fingerprint density at radius 2 is 1.73 bits per heavy atom. The van der Waals surface area contributed by atoms with E-state index in [1.54, 1.807) is 13.8 Å². The average Bonchev–Trinajstić information content (AvgIpc) is 3.21. The van der Waals surface area contributed by atoms with E-state index in [9.17, 15) is 44.6 Å². The fourth-order valence-corrected chi connectivity index (χ4v) is 8.22. The van der Waals surface area contributed by atoms with Crippen molar-refractivity contribution in [1.82, 2.24) is 4.57 Å². The summed E-state index contributed by atoms with van der Waals surface area (Å²) in [6.45, 7) is 3.71. The van der Waals surface area contributed by atoms with Crippen molar-refractivity contribution in [3.05, 3.63) is 106 Å². The molecule has 1 aliphatic heterocycles. The lowest BCUT2D eigenvalue weighted by Crippen LogP contribution is -2.55. The molecule has 0 saturated carbocycles. The molecule has 3 N–H and O–H groups in total. The van der Waals surface area contributed by atoms with E-state index >= 15 is 4.79 Å². The van der Waals surface area contributed by atoms with Gasteiger partial charge in [0.05, 0.1) is 27.7 Å². The van der Waals surface area contributed by atoms with E-state index < -0.39 is 80.6 Å². The molecule has 4 aromatic carbocycles. The Balaban J connectivity index is 1.62. The first-order valence-corrected chi connectivity index (χ1v) is 14.7. The number of phenolic OH excluding ortho intramolecular Hbond substituents is 2. The highest BCUT2D eigenvalue weighted by Crippen LogP contribution is 2.61. The fourth-order valence-electron chi connectivity index (χ4n) is 8.22. The number of cyclic esters (lactones) is 1. The minimum Gasteiger partial charge on any atom is -0.508 e. The normalized spacial score (nSPS) is 20.5. The number of aryl methyl sites for hydroxylation is 2. The number of fused-ring (bicyclic) bond motifs is 4. The van der Waals surface area contributed by atoms with Gasteiger partial charge in [-0.2, -0.15) is 0 Å². The summed E-state index contributed by atoms with van der Waals surface area (Å²) in [5.41, 5.74) is -3.85. The number of esters is 2. The van der Waals surface area contributed by atoms with Gasteiger partial charge in [0.1, 0.15) is 35.5 Å². The minimum absolute atomic E-state index is 0.0132. The molecular formula is C34H22N2O12. The van der Waals surface area contributed by atoms with Crippen LogP contribution in [0.25, 0.3) is 27.2 Å². The number of pyridine rings is 1. The Kier molecular flexibility index (Phi) is 5.55. The smallest absolute Gasteiger partial charge is 0.342 e. The number of nitro groups is 1. The number of phenols is 2. The zero-order valence-corrected chi connectivity index (χ0v) is 25.2.